The summed E-state index contributed by atoms with van der Waals surface area (Å²) in [5, 5.41) is 4.18. The van der Waals surface area contributed by atoms with Gasteiger partial charge in [0.15, 0.2) is 0 Å². The van der Waals surface area contributed by atoms with Crippen LogP contribution in [0.1, 0.15) is 24.9 Å². The molecule has 0 spiro atoms. The summed E-state index contributed by atoms with van der Waals surface area (Å²) < 4.78 is 5.13. The van der Waals surface area contributed by atoms with Crippen LogP contribution in [0.4, 0.5) is 0 Å². The standard InChI is InChI=1S/C12H16ClNO/c1-8-5-11(14-7-8)9-3-4-12(15-2)10(13)6-9/h3-4,6,8,11,14H,5,7H2,1-2H3/t8-,11+/m0/s1. The number of nitrogens with one attached hydrogen (secondary N) is 1. The van der Waals surface area contributed by atoms with Gasteiger partial charge in [0.25, 0.3) is 0 Å². The van der Waals surface area contributed by atoms with E-state index in [0.29, 0.717) is 11.1 Å². The molecule has 1 N–H and O–H groups in total. The lowest BCUT2D eigenvalue weighted by Crippen LogP contribution is -2.13. The lowest BCUT2D eigenvalue weighted by Gasteiger charge is -2.12. The van der Waals surface area contributed by atoms with E-state index < -0.39 is 0 Å². The van der Waals surface area contributed by atoms with Crippen molar-refractivity contribution in [3.8, 4) is 5.75 Å². The Balaban J connectivity index is 2.19. The van der Waals surface area contributed by atoms with Crippen LogP contribution < -0.4 is 10.1 Å². The van der Waals surface area contributed by atoms with Crippen LogP contribution in [0.25, 0.3) is 0 Å². The molecule has 0 amide bonds. The molecule has 1 aromatic carbocycles. The molecular formula is C12H16ClNO. The molecular weight excluding hydrogens is 210 g/mol. The second-order valence-corrected chi connectivity index (χ2v) is 4.60. The molecule has 1 aliphatic heterocycles. The Hall–Kier alpha value is -0.730. The molecule has 1 aliphatic rings. The van der Waals surface area contributed by atoms with Gasteiger partial charge in [0.2, 0.25) is 0 Å². The average molecular weight is 226 g/mol. The number of halogens is 1. The number of hydrogen-bond donors (Lipinski definition) is 1. The number of methoxy groups -OCH3 is 1. The van der Waals surface area contributed by atoms with Crippen molar-refractivity contribution in [2.45, 2.75) is 19.4 Å². The van der Waals surface area contributed by atoms with Crippen molar-refractivity contribution < 1.29 is 4.74 Å². The summed E-state index contributed by atoms with van der Waals surface area (Å²) in [7, 11) is 1.64. The minimum Gasteiger partial charge on any atom is -0.495 e. The molecule has 0 aliphatic carbocycles. The number of benzene rings is 1. The van der Waals surface area contributed by atoms with Gasteiger partial charge in [-0.3, -0.25) is 0 Å². The fraction of sp³-hybridized carbons (Fsp3) is 0.500. The van der Waals surface area contributed by atoms with E-state index in [-0.39, 0.29) is 0 Å². The van der Waals surface area contributed by atoms with Gasteiger partial charge in [-0.05, 0) is 36.6 Å². The van der Waals surface area contributed by atoms with E-state index in [1.807, 2.05) is 12.1 Å². The lowest BCUT2D eigenvalue weighted by atomic mass is 10.0. The molecule has 15 heavy (non-hydrogen) atoms. The van der Waals surface area contributed by atoms with Gasteiger partial charge in [0.1, 0.15) is 5.75 Å². The Morgan fingerprint density at radius 1 is 1.47 bits per heavy atom. The first-order valence-corrected chi connectivity index (χ1v) is 5.65. The first-order valence-electron chi connectivity index (χ1n) is 5.27. The summed E-state index contributed by atoms with van der Waals surface area (Å²) in [5.41, 5.74) is 1.25. The van der Waals surface area contributed by atoms with Crippen LogP contribution in [0.3, 0.4) is 0 Å². The zero-order chi connectivity index (χ0) is 10.8. The molecule has 2 rings (SSSR count). The Kier molecular flexibility index (Phi) is 3.17. The maximum atomic E-state index is 6.09. The van der Waals surface area contributed by atoms with Crippen molar-refractivity contribution in [1.82, 2.24) is 5.32 Å². The number of rotatable bonds is 2. The fourth-order valence-corrected chi connectivity index (χ4v) is 2.33. The SMILES string of the molecule is COc1ccc([C@H]2C[C@H](C)CN2)cc1Cl. The first-order chi connectivity index (χ1) is 7.20. The van der Waals surface area contributed by atoms with E-state index in [4.69, 9.17) is 16.3 Å². The summed E-state index contributed by atoms with van der Waals surface area (Å²) in [4.78, 5) is 0. The van der Waals surface area contributed by atoms with Crippen molar-refractivity contribution in [3.63, 3.8) is 0 Å². The third kappa shape index (κ3) is 2.27. The van der Waals surface area contributed by atoms with E-state index in [2.05, 4.69) is 18.3 Å². The van der Waals surface area contributed by atoms with E-state index in [1.165, 1.54) is 12.0 Å². The minimum atomic E-state index is 0.448. The Morgan fingerprint density at radius 2 is 2.27 bits per heavy atom. The molecule has 0 saturated carbocycles. The topological polar surface area (TPSA) is 21.3 Å². The molecule has 2 atom stereocenters. The molecule has 1 saturated heterocycles. The maximum Gasteiger partial charge on any atom is 0.137 e. The quantitative estimate of drug-likeness (QED) is 0.836. The van der Waals surface area contributed by atoms with Crippen molar-refractivity contribution in [2.75, 3.05) is 13.7 Å². The van der Waals surface area contributed by atoms with Gasteiger partial charge in [-0.2, -0.15) is 0 Å². The van der Waals surface area contributed by atoms with Crippen molar-refractivity contribution in [1.29, 1.82) is 0 Å². The highest BCUT2D eigenvalue weighted by Crippen LogP contribution is 2.32. The Morgan fingerprint density at radius 3 is 2.80 bits per heavy atom. The minimum absolute atomic E-state index is 0.448. The van der Waals surface area contributed by atoms with Gasteiger partial charge in [0.05, 0.1) is 12.1 Å². The predicted octanol–water partition coefficient (Wildman–Crippen LogP) is 3.02. The lowest BCUT2D eigenvalue weighted by molar-refractivity contribution is 0.414. The summed E-state index contributed by atoms with van der Waals surface area (Å²) in [5.74, 6) is 1.49. The molecule has 0 unspecified atom stereocenters. The highest BCUT2D eigenvalue weighted by Gasteiger charge is 2.22. The maximum absolute atomic E-state index is 6.09. The Bertz CT molecular complexity index is 353. The molecule has 0 bridgehead atoms. The first kappa shape index (κ1) is 10.8. The summed E-state index contributed by atoms with van der Waals surface area (Å²) >= 11 is 6.09. The zero-order valence-electron chi connectivity index (χ0n) is 9.09. The molecule has 0 aromatic heterocycles. The van der Waals surface area contributed by atoms with Crippen LogP contribution in [-0.4, -0.2) is 13.7 Å². The predicted molar refractivity (Wildman–Crippen MR) is 62.5 cm³/mol. The Labute approximate surface area is 95.6 Å². The molecule has 82 valence electrons. The van der Waals surface area contributed by atoms with Gasteiger partial charge < -0.3 is 10.1 Å². The van der Waals surface area contributed by atoms with Crippen LogP contribution in [0.5, 0.6) is 5.75 Å². The summed E-state index contributed by atoms with van der Waals surface area (Å²) in [6.07, 6.45) is 1.18. The molecule has 3 heteroatoms. The van der Waals surface area contributed by atoms with E-state index in [9.17, 15) is 0 Å². The second kappa shape index (κ2) is 4.42. The van der Waals surface area contributed by atoms with Gasteiger partial charge in [-0.15, -0.1) is 0 Å². The van der Waals surface area contributed by atoms with Crippen molar-refractivity contribution in [2.24, 2.45) is 5.92 Å². The average Bonchev–Trinajstić information content (AvgIpc) is 2.65. The van der Waals surface area contributed by atoms with Crippen molar-refractivity contribution >= 4 is 11.6 Å². The van der Waals surface area contributed by atoms with Gasteiger partial charge in [0, 0.05) is 6.04 Å². The van der Waals surface area contributed by atoms with Gasteiger partial charge >= 0.3 is 0 Å². The van der Waals surface area contributed by atoms with Crippen LogP contribution in [0.15, 0.2) is 18.2 Å². The van der Waals surface area contributed by atoms with Crippen LogP contribution in [0, 0.1) is 5.92 Å². The number of ether oxygens (including phenoxy) is 1. The van der Waals surface area contributed by atoms with Crippen molar-refractivity contribution in [3.05, 3.63) is 28.8 Å². The van der Waals surface area contributed by atoms with Gasteiger partial charge in [-0.25, -0.2) is 0 Å². The van der Waals surface area contributed by atoms with Crippen LogP contribution >= 0.6 is 11.6 Å². The van der Waals surface area contributed by atoms with Gasteiger partial charge in [-0.1, -0.05) is 24.6 Å². The fourth-order valence-electron chi connectivity index (χ4n) is 2.07. The largest absolute Gasteiger partial charge is 0.495 e. The molecule has 1 aromatic rings. The summed E-state index contributed by atoms with van der Waals surface area (Å²) in [6.45, 7) is 3.35. The van der Waals surface area contributed by atoms with E-state index in [0.717, 1.165) is 18.2 Å². The second-order valence-electron chi connectivity index (χ2n) is 4.20. The van der Waals surface area contributed by atoms with Crippen LogP contribution in [-0.2, 0) is 0 Å². The normalized spacial score (nSPS) is 25.5. The van der Waals surface area contributed by atoms with Crippen LogP contribution in [0.2, 0.25) is 5.02 Å². The third-order valence-corrected chi connectivity index (χ3v) is 3.22. The van der Waals surface area contributed by atoms with E-state index in [1.54, 1.807) is 7.11 Å². The molecule has 1 fully saturated rings. The molecule has 1 heterocycles. The highest BCUT2D eigenvalue weighted by atomic mass is 35.5. The summed E-state index contributed by atoms with van der Waals surface area (Å²) in [6, 6.07) is 6.46. The van der Waals surface area contributed by atoms with E-state index >= 15 is 0 Å². The zero-order valence-corrected chi connectivity index (χ0v) is 9.84. The number of hydrogen-bond acceptors (Lipinski definition) is 2. The third-order valence-electron chi connectivity index (χ3n) is 2.93. The molecule has 0 radical (unpaired) electrons. The smallest absolute Gasteiger partial charge is 0.137 e. The highest BCUT2D eigenvalue weighted by molar-refractivity contribution is 6.32. The monoisotopic (exact) mass is 225 g/mol. The molecule has 2 nitrogen and oxygen atoms in total.